The van der Waals surface area contributed by atoms with E-state index in [1.54, 1.807) is 12.1 Å². The van der Waals surface area contributed by atoms with Crippen LogP contribution in [0.3, 0.4) is 0 Å². The molecule has 3 N–H and O–H groups in total. The minimum absolute atomic E-state index is 0.137. The molecule has 1 atom stereocenters. The van der Waals surface area contributed by atoms with E-state index in [1.165, 1.54) is 0 Å². The van der Waals surface area contributed by atoms with Gasteiger partial charge in [-0.2, -0.15) is 0 Å². The third kappa shape index (κ3) is 6.50. The average molecular weight is 346 g/mol. The van der Waals surface area contributed by atoms with Crippen LogP contribution in [0.5, 0.6) is 0 Å². The molecule has 138 valence electrons. The van der Waals surface area contributed by atoms with Crippen molar-refractivity contribution in [2.45, 2.75) is 58.6 Å². The van der Waals surface area contributed by atoms with E-state index in [9.17, 15) is 14.7 Å². The van der Waals surface area contributed by atoms with Crippen LogP contribution >= 0.6 is 0 Å². The summed E-state index contributed by atoms with van der Waals surface area (Å²) in [5, 5.41) is 15.5. The summed E-state index contributed by atoms with van der Waals surface area (Å²) < 4.78 is 0. The molecule has 0 radical (unpaired) electrons. The molecule has 0 saturated heterocycles. The van der Waals surface area contributed by atoms with Crippen molar-refractivity contribution in [2.75, 3.05) is 6.54 Å². The van der Waals surface area contributed by atoms with E-state index in [1.807, 2.05) is 26.0 Å². The monoisotopic (exact) mass is 346 g/mol. The number of amides is 2. The SMILES string of the molecule is CC(C)CC(O)CNC(=O)c1ccc(CNC(=O)C2CCCC2)cc1. The van der Waals surface area contributed by atoms with Crippen LogP contribution in [0.25, 0.3) is 0 Å². The van der Waals surface area contributed by atoms with Crippen molar-refractivity contribution in [3.63, 3.8) is 0 Å². The number of benzene rings is 1. The second-order valence-electron chi connectivity index (χ2n) is 7.39. The molecule has 1 unspecified atom stereocenters. The van der Waals surface area contributed by atoms with Gasteiger partial charge in [-0.3, -0.25) is 9.59 Å². The molecular weight excluding hydrogens is 316 g/mol. The summed E-state index contributed by atoms with van der Waals surface area (Å²) in [6.45, 7) is 4.82. The number of hydrogen-bond acceptors (Lipinski definition) is 3. The fourth-order valence-electron chi connectivity index (χ4n) is 3.24. The van der Waals surface area contributed by atoms with E-state index in [-0.39, 0.29) is 24.3 Å². The van der Waals surface area contributed by atoms with Gasteiger partial charge in [-0.25, -0.2) is 0 Å². The van der Waals surface area contributed by atoms with Gasteiger partial charge in [0, 0.05) is 24.6 Å². The minimum Gasteiger partial charge on any atom is -0.391 e. The molecule has 1 aliphatic carbocycles. The smallest absolute Gasteiger partial charge is 0.251 e. The first-order valence-electron chi connectivity index (χ1n) is 9.28. The molecule has 2 amide bonds. The minimum atomic E-state index is -0.519. The lowest BCUT2D eigenvalue weighted by molar-refractivity contribution is -0.124. The summed E-state index contributed by atoms with van der Waals surface area (Å²) in [6.07, 6.45) is 4.43. The summed E-state index contributed by atoms with van der Waals surface area (Å²) >= 11 is 0. The summed E-state index contributed by atoms with van der Waals surface area (Å²) in [7, 11) is 0. The lowest BCUT2D eigenvalue weighted by atomic mass is 10.1. The van der Waals surface area contributed by atoms with Crippen molar-refractivity contribution in [1.29, 1.82) is 0 Å². The standard InChI is InChI=1S/C20H30N2O3/c1-14(2)11-18(23)13-22-20(25)17-9-7-15(8-10-17)12-21-19(24)16-5-3-4-6-16/h7-10,14,16,18,23H,3-6,11-13H2,1-2H3,(H,21,24)(H,22,25). The largest absolute Gasteiger partial charge is 0.391 e. The molecule has 1 fully saturated rings. The van der Waals surface area contributed by atoms with E-state index >= 15 is 0 Å². The van der Waals surface area contributed by atoms with Crippen molar-refractivity contribution in [3.05, 3.63) is 35.4 Å². The third-order valence-corrected chi connectivity index (χ3v) is 4.65. The number of carbonyl (C=O) groups excluding carboxylic acids is 2. The van der Waals surface area contributed by atoms with Gasteiger partial charge in [0.2, 0.25) is 5.91 Å². The summed E-state index contributed by atoms with van der Waals surface area (Å²) in [5.41, 5.74) is 1.53. The first-order valence-corrected chi connectivity index (χ1v) is 9.28. The van der Waals surface area contributed by atoms with Crippen LogP contribution in [0.2, 0.25) is 0 Å². The zero-order valence-corrected chi connectivity index (χ0v) is 15.3. The van der Waals surface area contributed by atoms with Gasteiger partial charge in [-0.1, -0.05) is 38.8 Å². The molecule has 5 nitrogen and oxygen atoms in total. The first kappa shape index (κ1) is 19.4. The molecule has 1 aromatic carbocycles. The molecule has 1 aromatic rings. The molecule has 1 saturated carbocycles. The highest BCUT2D eigenvalue weighted by Crippen LogP contribution is 2.24. The van der Waals surface area contributed by atoms with E-state index in [0.717, 1.165) is 31.2 Å². The maximum Gasteiger partial charge on any atom is 0.251 e. The van der Waals surface area contributed by atoms with Crippen molar-refractivity contribution in [1.82, 2.24) is 10.6 Å². The fraction of sp³-hybridized carbons (Fsp3) is 0.600. The molecule has 0 aliphatic heterocycles. The van der Waals surface area contributed by atoms with E-state index in [0.29, 0.717) is 24.4 Å². The maximum absolute atomic E-state index is 12.1. The van der Waals surface area contributed by atoms with Gasteiger partial charge in [0.05, 0.1) is 6.10 Å². The number of aliphatic hydroxyl groups excluding tert-OH is 1. The van der Waals surface area contributed by atoms with Crippen LogP contribution in [0, 0.1) is 11.8 Å². The third-order valence-electron chi connectivity index (χ3n) is 4.65. The topological polar surface area (TPSA) is 78.4 Å². The molecule has 0 aromatic heterocycles. The summed E-state index contributed by atoms with van der Waals surface area (Å²) in [6, 6.07) is 7.21. The normalized spacial score (nSPS) is 16.0. The van der Waals surface area contributed by atoms with Crippen LogP contribution in [0.15, 0.2) is 24.3 Å². The highest BCUT2D eigenvalue weighted by molar-refractivity contribution is 5.94. The average Bonchev–Trinajstić information content (AvgIpc) is 3.12. The number of aliphatic hydroxyl groups is 1. The van der Waals surface area contributed by atoms with Gasteiger partial charge in [0.1, 0.15) is 0 Å². The van der Waals surface area contributed by atoms with E-state index in [4.69, 9.17) is 0 Å². The second kappa shape index (κ2) is 9.56. The molecule has 2 rings (SSSR count). The molecule has 5 heteroatoms. The van der Waals surface area contributed by atoms with Crippen molar-refractivity contribution < 1.29 is 14.7 Å². The van der Waals surface area contributed by atoms with Crippen LogP contribution in [0.1, 0.15) is 61.9 Å². The predicted octanol–water partition coefficient (Wildman–Crippen LogP) is 2.63. The Kier molecular flexibility index (Phi) is 7.44. The van der Waals surface area contributed by atoms with Gasteiger partial charge in [0.25, 0.3) is 5.91 Å². The molecular formula is C20H30N2O3. The number of nitrogens with one attached hydrogen (secondary N) is 2. The first-order chi connectivity index (χ1) is 12.0. The van der Waals surface area contributed by atoms with Gasteiger partial charge in [-0.15, -0.1) is 0 Å². The second-order valence-corrected chi connectivity index (χ2v) is 7.39. The Morgan fingerprint density at radius 3 is 2.36 bits per heavy atom. The highest BCUT2D eigenvalue weighted by atomic mass is 16.3. The molecule has 25 heavy (non-hydrogen) atoms. The lowest BCUT2D eigenvalue weighted by Gasteiger charge is -2.14. The Morgan fingerprint density at radius 2 is 1.76 bits per heavy atom. The molecule has 0 spiro atoms. The maximum atomic E-state index is 12.1. The number of hydrogen-bond donors (Lipinski definition) is 3. The Hall–Kier alpha value is -1.88. The Bertz CT molecular complexity index is 563. The van der Waals surface area contributed by atoms with E-state index in [2.05, 4.69) is 10.6 Å². The Labute approximate surface area is 150 Å². The zero-order chi connectivity index (χ0) is 18.2. The van der Waals surface area contributed by atoms with Gasteiger partial charge < -0.3 is 15.7 Å². The zero-order valence-electron chi connectivity index (χ0n) is 15.3. The van der Waals surface area contributed by atoms with Gasteiger partial charge in [0.15, 0.2) is 0 Å². The van der Waals surface area contributed by atoms with Crippen molar-refractivity contribution in [2.24, 2.45) is 11.8 Å². The number of rotatable bonds is 8. The molecule has 1 aliphatic rings. The molecule has 0 bridgehead atoms. The van der Waals surface area contributed by atoms with Crippen LogP contribution in [-0.4, -0.2) is 29.6 Å². The Balaban J connectivity index is 1.76. The summed E-state index contributed by atoms with van der Waals surface area (Å²) in [4.78, 5) is 24.1. The fourth-order valence-corrected chi connectivity index (χ4v) is 3.24. The van der Waals surface area contributed by atoms with Crippen LogP contribution in [0.4, 0.5) is 0 Å². The molecule has 0 heterocycles. The Morgan fingerprint density at radius 1 is 1.12 bits per heavy atom. The van der Waals surface area contributed by atoms with E-state index < -0.39 is 6.10 Å². The summed E-state index contributed by atoms with van der Waals surface area (Å²) in [5.74, 6) is 0.510. The van der Waals surface area contributed by atoms with Crippen molar-refractivity contribution in [3.8, 4) is 0 Å². The predicted molar refractivity (Wildman–Crippen MR) is 98.0 cm³/mol. The lowest BCUT2D eigenvalue weighted by Crippen LogP contribution is -2.32. The van der Waals surface area contributed by atoms with Crippen LogP contribution < -0.4 is 10.6 Å². The van der Waals surface area contributed by atoms with Gasteiger partial charge >= 0.3 is 0 Å². The van der Waals surface area contributed by atoms with Gasteiger partial charge in [-0.05, 0) is 42.9 Å². The quantitative estimate of drug-likeness (QED) is 0.677. The van der Waals surface area contributed by atoms with Crippen LogP contribution in [-0.2, 0) is 11.3 Å². The van der Waals surface area contributed by atoms with Crippen molar-refractivity contribution >= 4 is 11.8 Å². The number of carbonyl (C=O) groups is 2. The highest BCUT2D eigenvalue weighted by Gasteiger charge is 2.22.